The zero-order valence-corrected chi connectivity index (χ0v) is 11.5. The molecular weight excluding hydrogens is 233 g/mol. The summed E-state index contributed by atoms with van der Waals surface area (Å²) in [6.45, 7) is 0.961. The number of hydrogen-bond donors (Lipinski definition) is 1. The van der Waals surface area contributed by atoms with E-state index in [0.717, 1.165) is 24.9 Å². The molecule has 0 saturated heterocycles. The number of nitrogens with one attached hydrogen (secondary N) is 1. The number of rotatable bonds is 8. The minimum absolute atomic E-state index is 0.0709. The van der Waals surface area contributed by atoms with Crippen molar-refractivity contribution in [2.45, 2.75) is 19.3 Å². The Bertz CT molecular complexity index is 317. The normalized spacial score (nSPS) is 12.6. The number of benzene rings is 1. The summed E-state index contributed by atoms with van der Waals surface area (Å²) in [5, 5.41) is 3.21. The second-order valence-corrected chi connectivity index (χ2v) is 5.34. The van der Waals surface area contributed by atoms with Gasteiger partial charge < -0.3 is 5.32 Å². The van der Waals surface area contributed by atoms with Gasteiger partial charge in [-0.15, -0.1) is 0 Å². The third-order valence-corrected chi connectivity index (χ3v) is 3.62. The van der Waals surface area contributed by atoms with Crippen molar-refractivity contribution in [3.63, 3.8) is 0 Å². The first kappa shape index (κ1) is 14.5. The second-order valence-electron chi connectivity index (χ2n) is 4.35. The Morgan fingerprint density at radius 2 is 2.12 bits per heavy atom. The zero-order valence-electron chi connectivity index (χ0n) is 10.7. The van der Waals surface area contributed by atoms with Gasteiger partial charge in [0, 0.05) is 0 Å². The van der Waals surface area contributed by atoms with E-state index in [1.807, 2.05) is 30.9 Å². The molecule has 0 aliphatic heterocycles. The molecule has 0 saturated carbocycles. The summed E-state index contributed by atoms with van der Waals surface area (Å²) in [5.74, 6) is 1.65. The van der Waals surface area contributed by atoms with Crippen LogP contribution in [-0.4, -0.2) is 25.6 Å². The maximum atomic E-state index is 13.6. The lowest BCUT2D eigenvalue weighted by molar-refractivity contribution is 0.448. The average molecular weight is 255 g/mol. The molecule has 1 rings (SSSR count). The molecule has 0 aromatic heterocycles. The Labute approximate surface area is 108 Å². The molecule has 1 unspecified atom stereocenters. The highest BCUT2D eigenvalue weighted by Gasteiger charge is 2.11. The van der Waals surface area contributed by atoms with Crippen LogP contribution in [0.15, 0.2) is 24.3 Å². The van der Waals surface area contributed by atoms with E-state index in [1.54, 1.807) is 12.1 Å². The Morgan fingerprint density at radius 3 is 2.76 bits per heavy atom. The largest absolute Gasteiger partial charge is 0.319 e. The highest BCUT2D eigenvalue weighted by molar-refractivity contribution is 7.98. The molecule has 1 atom stereocenters. The van der Waals surface area contributed by atoms with Crippen LogP contribution < -0.4 is 5.32 Å². The van der Waals surface area contributed by atoms with Gasteiger partial charge in [-0.2, -0.15) is 11.8 Å². The van der Waals surface area contributed by atoms with Gasteiger partial charge in [0.25, 0.3) is 0 Å². The Kier molecular flexibility index (Phi) is 7.29. The summed E-state index contributed by atoms with van der Waals surface area (Å²) in [4.78, 5) is 0. The quantitative estimate of drug-likeness (QED) is 0.715. The van der Waals surface area contributed by atoms with E-state index in [9.17, 15) is 4.39 Å². The van der Waals surface area contributed by atoms with Crippen LogP contribution in [0.25, 0.3) is 0 Å². The molecule has 1 aromatic carbocycles. The van der Waals surface area contributed by atoms with Crippen LogP contribution in [0.4, 0.5) is 4.39 Å². The fraction of sp³-hybridized carbons (Fsp3) is 0.571. The van der Waals surface area contributed by atoms with Crippen molar-refractivity contribution in [2.75, 3.05) is 25.6 Å². The van der Waals surface area contributed by atoms with Crippen molar-refractivity contribution in [3.8, 4) is 0 Å². The summed E-state index contributed by atoms with van der Waals surface area (Å²) >= 11 is 1.88. The van der Waals surface area contributed by atoms with Gasteiger partial charge in [-0.1, -0.05) is 18.2 Å². The summed E-state index contributed by atoms with van der Waals surface area (Å²) in [5.41, 5.74) is 0.844. The molecule has 17 heavy (non-hydrogen) atoms. The highest BCUT2D eigenvalue weighted by Crippen LogP contribution is 2.17. The van der Waals surface area contributed by atoms with Crippen molar-refractivity contribution in [3.05, 3.63) is 35.6 Å². The standard InChI is InChI=1S/C14H22FNS/c1-16-11-12(6-5-9-17-2)10-13-7-3-4-8-14(13)15/h3-4,7-8,12,16H,5-6,9-11H2,1-2H3. The molecule has 1 N–H and O–H groups in total. The van der Waals surface area contributed by atoms with Crippen molar-refractivity contribution in [2.24, 2.45) is 5.92 Å². The van der Waals surface area contributed by atoms with Gasteiger partial charge in [-0.3, -0.25) is 0 Å². The van der Waals surface area contributed by atoms with Crippen LogP contribution in [0.1, 0.15) is 18.4 Å². The van der Waals surface area contributed by atoms with Crippen LogP contribution in [0, 0.1) is 11.7 Å². The van der Waals surface area contributed by atoms with Crippen LogP contribution in [-0.2, 0) is 6.42 Å². The predicted octanol–water partition coefficient (Wildman–Crippen LogP) is 3.35. The Balaban J connectivity index is 2.50. The third kappa shape index (κ3) is 5.55. The molecule has 96 valence electrons. The first-order valence-electron chi connectivity index (χ1n) is 6.15. The van der Waals surface area contributed by atoms with Crippen LogP contribution in [0.2, 0.25) is 0 Å². The summed E-state index contributed by atoms with van der Waals surface area (Å²) in [7, 11) is 1.96. The van der Waals surface area contributed by atoms with Crippen molar-refractivity contribution in [1.29, 1.82) is 0 Å². The molecule has 0 bridgehead atoms. The van der Waals surface area contributed by atoms with E-state index >= 15 is 0 Å². The monoisotopic (exact) mass is 255 g/mol. The van der Waals surface area contributed by atoms with Crippen LogP contribution in [0.5, 0.6) is 0 Å². The molecule has 0 spiro atoms. The molecule has 0 aliphatic carbocycles. The van der Waals surface area contributed by atoms with E-state index < -0.39 is 0 Å². The molecule has 1 aromatic rings. The van der Waals surface area contributed by atoms with E-state index in [1.165, 1.54) is 12.2 Å². The molecule has 0 radical (unpaired) electrons. The lowest BCUT2D eigenvalue weighted by atomic mass is 9.94. The zero-order chi connectivity index (χ0) is 12.5. The minimum Gasteiger partial charge on any atom is -0.319 e. The van der Waals surface area contributed by atoms with E-state index in [-0.39, 0.29) is 5.82 Å². The fourth-order valence-electron chi connectivity index (χ4n) is 2.06. The Morgan fingerprint density at radius 1 is 1.35 bits per heavy atom. The number of thioether (sulfide) groups is 1. The van der Waals surface area contributed by atoms with Crippen LogP contribution in [0.3, 0.4) is 0 Å². The molecule has 1 nitrogen and oxygen atoms in total. The predicted molar refractivity (Wildman–Crippen MR) is 75.1 cm³/mol. The van der Waals surface area contributed by atoms with Gasteiger partial charge in [0.2, 0.25) is 0 Å². The fourth-order valence-corrected chi connectivity index (χ4v) is 2.51. The van der Waals surface area contributed by atoms with E-state index in [2.05, 4.69) is 11.6 Å². The van der Waals surface area contributed by atoms with Crippen LogP contribution >= 0.6 is 11.8 Å². The smallest absolute Gasteiger partial charge is 0.126 e. The van der Waals surface area contributed by atoms with Gasteiger partial charge in [-0.25, -0.2) is 4.39 Å². The van der Waals surface area contributed by atoms with Crippen molar-refractivity contribution in [1.82, 2.24) is 5.32 Å². The number of hydrogen-bond acceptors (Lipinski definition) is 2. The lowest BCUT2D eigenvalue weighted by Crippen LogP contribution is -2.21. The Hall–Kier alpha value is -0.540. The van der Waals surface area contributed by atoms with E-state index in [0.29, 0.717) is 5.92 Å². The summed E-state index contributed by atoms with van der Waals surface area (Å²) < 4.78 is 13.6. The van der Waals surface area contributed by atoms with Gasteiger partial charge >= 0.3 is 0 Å². The van der Waals surface area contributed by atoms with Crippen molar-refractivity contribution < 1.29 is 4.39 Å². The first-order valence-corrected chi connectivity index (χ1v) is 7.54. The molecule has 0 amide bonds. The van der Waals surface area contributed by atoms with Gasteiger partial charge in [0.05, 0.1) is 0 Å². The van der Waals surface area contributed by atoms with Gasteiger partial charge in [0.1, 0.15) is 5.82 Å². The molecule has 3 heteroatoms. The lowest BCUT2D eigenvalue weighted by Gasteiger charge is -2.16. The number of halogens is 1. The maximum absolute atomic E-state index is 13.6. The van der Waals surface area contributed by atoms with Crippen molar-refractivity contribution >= 4 is 11.8 Å². The van der Waals surface area contributed by atoms with E-state index in [4.69, 9.17) is 0 Å². The third-order valence-electron chi connectivity index (χ3n) is 2.92. The summed E-state index contributed by atoms with van der Waals surface area (Å²) in [6, 6.07) is 7.11. The molecular formula is C14H22FNS. The molecule has 0 heterocycles. The van der Waals surface area contributed by atoms with Gasteiger partial charge in [0.15, 0.2) is 0 Å². The molecule has 0 aliphatic rings. The minimum atomic E-state index is -0.0709. The van der Waals surface area contributed by atoms with Gasteiger partial charge in [-0.05, 0) is 62.4 Å². The highest BCUT2D eigenvalue weighted by atomic mass is 32.2. The first-order chi connectivity index (χ1) is 8.27. The molecule has 0 fully saturated rings. The second kappa shape index (κ2) is 8.54. The average Bonchev–Trinajstić information content (AvgIpc) is 2.32. The topological polar surface area (TPSA) is 12.0 Å². The summed E-state index contributed by atoms with van der Waals surface area (Å²) in [6.07, 6.45) is 5.34. The maximum Gasteiger partial charge on any atom is 0.126 e. The SMILES string of the molecule is CNCC(CCCSC)Cc1ccccc1F.